The van der Waals surface area contributed by atoms with Crippen molar-refractivity contribution >= 4 is 25.5 Å². The molecule has 0 heterocycles. The summed E-state index contributed by atoms with van der Waals surface area (Å²) in [6.07, 6.45) is 1.08. The van der Waals surface area contributed by atoms with Crippen molar-refractivity contribution in [2.24, 2.45) is 0 Å². The Labute approximate surface area is 143 Å². The van der Waals surface area contributed by atoms with Gasteiger partial charge < -0.3 is 0 Å². The van der Waals surface area contributed by atoms with Crippen LogP contribution in [0, 0.1) is 6.92 Å². The highest BCUT2D eigenvalue weighted by Gasteiger charge is 2.17. The molecular weight excluding hydrogens is 346 g/mol. The third-order valence-corrected chi connectivity index (χ3v) is 6.23. The van der Waals surface area contributed by atoms with Crippen molar-refractivity contribution in [2.75, 3.05) is 11.0 Å². The molecule has 0 amide bonds. The molecule has 0 spiro atoms. The summed E-state index contributed by atoms with van der Waals surface area (Å²) in [4.78, 5) is 0.206. The Balaban J connectivity index is 2.39. The monoisotopic (exact) mass is 367 g/mol. The predicted octanol–water partition coefficient (Wildman–Crippen LogP) is 3.32. The highest BCUT2D eigenvalue weighted by atomic mass is 32.2. The first-order chi connectivity index (χ1) is 11.0. The molecule has 7 heteroatoms. The lowest BCUT2D eigenvalue weighted by Gasteiger charge is -2.13. The van der Waals surface area contributed by atoms with Crippen LogP contribution < -0.4 is 4.72 Å². The van der Waals surface area contributed by atoms with Gasteiger partial charge in [0.1, 0.15) is 0 Å². The van der Waals surface area contributed by atoms with E-state index in [9.17, 15) is 16.8 Å². The average molecular weight is 367 g/mol. The van der Waals surface area contributed by atoms with Crippen molar-refractivity contribution in [3.05, 3.63) is 53.6 Å². The minimum Gasteiger partial charge on any atom is -0.279 e. The van der Waals surface area contributed by atoms with E-state index >= 15 is 0 Å². The Bertz CT molecular complexity index is 945. The first kappa shape index (κ1) is 18.5. The number of hydrogen-bond acceptors (Lipinski definition) is 4. The van der Waals surface area contributed by atoms with Gasteiger partial charge in [-0.25, -0.2) is 16.8 Å². The van der Waals surface area contributed by atoms with Gasteiger partial charge in [-0.05, 0) is 48.2 Å². The fourth-order valence-corrected chi connectivity index (χ4v) is 3.95. The van der Waals surface area contributed by atoms with Crippen LogP contribution in [0.4, 0.5) is 5.69 Å². The van der Waals surface area contributed by atoms with Gasteiger partial charge in [0.2, 0.25) is 0 Å². The van der Waals surface area contributed by atoms with E-state index in [0.717, 1.165) is 11.8 Å². The minimum absolute atomic E-state index is 0.0703. The molecule has 0 aliphatic rings. The summed E-state index contributed by atoms with van der Waals surface area (Å²) in [7, 11) is -7.20. The maximum Gasteiger partial charge on any atom is 0.261 e. The summed E-state index contributed by atoms with van der Waals surface area (Å²) in [6.45, 7) is 5.77. The van der Waals surface area contributed by atoms with Crippen LogP contribution in [0.5, 0.6) is 0 Å². The smallest absolute Gasteiger partial charge is 0.261 e. The highest BCUT2D eigenvalue weighted by molar-refractivity contribution is 7.92. The van der Waals surface area contributed by atoms with Crippen LogP contribution in [0.25, 0.3) is 0 Å². The molecule has 2 aromatic rings. The van der Waals surface area contributed by atoms with Crippen molar-refractivity contribution in [2.45, 2.75) is 36.5 Å². The van der Waals surface area contributed by atoms with Crippen LogP contribution >= 0.6 is 0 Å². The van der Waals surface area contributed by atoms with Crippen molar-refractivity contribution < 1.29 is 16.8 Å². The van der Waals surface area contributed by atoms with Crippen LogP contribution in [-0.2, 0) is 19.9 Å². The molecule has 0 unspecified atom stereocenters. The van der Waals surface area contributed by atoms with Gasteiger partial charge in [0.15, 0.2) is 9.84 Å². The topological polar surface area (TPSA) is 80.3 Å². The second-order valence-corrected chi connectivity index (χ2v) is 9.78. The summed E-state index contributed by atoms with van der Waals surface area (Å²) in [5.74, 6) is 0.309. The Morgan fingerprint density at radius 1 is 0.875 bits per heavy atom. The second kappa shape index (κ2) is 6.57. The molecular formula is C17H21NO4S2. The average Bonchev–Trinajstić information content (AvgIpc) is 2.48. The van der Waals surface area contributed by atoms with Crippen molar-refractivity contribution in [1.29, 1.82) is 0 Å². The van der Waals surface area contributed by atoms with E-state index in [-0.39, 0.29) is 15.5 Å². The van der Waals surface area contributed by atoms with E-state index in [2.05, 4.69) is 4.72 Å². The number of nitrogens with one attached hydrogen (secondary N) is 1. The lowest BCUT2D eigenvalue weighted by Crippen LogP contribution is -2.14. The van der Waals surface area contributed by atoms with E-state index in [1.54, 1.807) is 37.3 Å². The van der Waals surface area contributed by atoms with Crippen LogP contribution in [0.15, 0.2) is 52.3 Å². The van der Waals surface area contributed by atoms with E-state index in [1.807, 2.05) is 13.8 Å². The molecule has 24 heavy (non-hydrogen) atoms. The molecule has 0 atom stereocenters. The van der Waals surface area contributed by atoms with Crippen LogP contribution in [0.2, 0.25) is 0 Å². The fourth-order valence-electron chi connectivity index (χ4n) is 2.18. The lowest BCUT2D eigenvalue weighted by molar-refractivity contribution is 0.599. The zero-order chi connectivity index (χ0) is 18.1. The Morgan fingerprint density at radius 3 is 1.92 bits per heavy atom. The number of sulfone groups is 1. The number of hydrogen-bond donors (Lipinski definition) is 1. The van der Waals surface area contributed by atoms with Gasteiger partial charge in [0.05, 0.1) is 15.5 Å². The molecule has 1 N–H and O–H groups in total. The Hall–Kier alpha value is -1.86. The molecule has 2 aromatic carbocycles. The standard InChI is InChI=1S/C17H21NO4S2/c1-12(2)14-6-9-15(10-7-14)24(21,22)18-17-11-16(23(4,19)20)8-5-13(17)3/h5-12,18H,1-4H3. The molecule has 0 aliphatic heterocycles. The quantitative estimate of drug-likeness (QED) is 0.879. The van der Waals surface area contributed by atoms with Gasteiger partial charge in [0, 0.05) is 6.26 Å². The number of sulfonamides is 1. The largest absolute Gasteiger partial charge is 0.279 e. The van der Waals surface area contributed by atoms with Gasteiger partial charge in [-0.15, -0.1) is 0 Å². The Morgan fingerprint density at radius 2 is 1.42 bits per heavy atom. The highest BCUT2D eigenvalue weighted by Crippen LogP contribution is 2.24. The number of benzene rings is 2. The van der Waals surface area contributed by atoms with Crippen molar-refractivity contribution in [1.82, 2.24) is 0 Å². The summed E-state index contributed by atoms with van der Waals surface area (Å²) in [6, 6.07) is 11.0. The summed E-state index contributed by atoms with van der Waals surface area (Å²) in [5.41, 5.74) is 1.94. The first-order valence-corrected chi connectivity index (χ1v) is 10.8. The normalized spacial score (nSPS) is 12.4. The van der Waals surface area contributed by atoms with Crippen molar-refractivity contribution in [3.8, 4) is 0 Å². The zero-order valence-electron chi connectivity index (χ0n) is 14.1. The lowest BCUT2D eigenvalue weighted by atomic mass is 10.0. The van der Waals surface area contributed by atoms with Gasteiger partial charge in [0.25, 0.3) is 10.0 Å². The summed E-state index contributed by atoms with van der Waals surface area (Å²) >= 11 is 0. The van der Waals surface area contributed by atoms with Crippen LogP contribution in [-0.4, -0.2) is 23.1 Å². The minimum atomic E-state index is -3.79. The molecule has 130 valence electrons. The molecule has 0 aromatic heterocycles. The number of rotatable bonds is 5. The molecule has 0 saturated heterocycles. The van der Waals surface area contributed by atoms with Crippen LogP contribution in [0.1, 0.15) is 30.9 Å². The number of aryl methyl sites for hydroxylation is 1. The van der Waals surface area contributed by atoms with Crippen LogP contribution in [0.3, 0.4) is 0 Å². The molecule has 0 saturated carbocycles. The van der Waals surface area contributed by atoms with Crippen molar-refractivity contribution in [3.63, 3.8) is 0 Å². The SMILES string of the molecule is Cc1ccc(S(C)(=O)=O)cc1NS(=O)(=O)c1ccc(C(C)C)cc1. The summed E-state index contributed by atoms with van der Waals surface area (Å²) in [5, 5.41) is 0. The van der Waals surface area contributed by atoms with E-state index in [4.69, 9.17) is 0 Å². The third-order valence-electron chi connectivity index (χ3n) is 3.74. The summed E-state index contributed by atoms with van der Waals surface area (Å²) < 4.78 is 50.9. The maximum absolute atomic E-state index is 12.5. The molecule has 0 bridgehead atoms. The number of anilines is 1. The van der Waals surface area contributed by atoms with Gasteiger partial charge in [-0.3, -0.25) is 4.72 Å². The Kier molecular flexibility index (Phi) is 5.05. The van der Waals surface area contributed by atoms with Gasteiger partial charge >= 0.3 is 0 Å². The molecule has 0 fully saturated rings. The first-order valence-electron chi connectivity index (χ1n) is 7.44. The molecule has 5 nitrogen and oxygen atoms in total. The second-order valence-electron chi connectivity index (χ2n) is 6.08. The van der Waals surface area contributed by atoms with Gasteiger partial charge in [-0.1, -0.05) is 32.0 Å². The van der Waals surface area contributed by atoms with E-state index in [0.29, 0.717) is 11.5 Å². The predicted molar refractivity (Wildman–Crippen MR) is 95.6 cm³/mol. The van der Waals surface area contributed by atoms with Gasteiger partial charge in [-0.2, -0.15) is 0 Å². The third kappa shape index (κ3) is 4.15. The maximum atomic E-state index is 12.5. The fraction of sp³-hybridized carbons (Fsp3) is 0.294. The molecule has 2 rings (SSSR count). The zero-order valence-corrected chi connectivity index (χ0v) is 15.7. The molecule has 0 aliphatic carbocycles. The van der Waals surface area contributed by atoms with E-state index in [1.165, 1.54) is 12.1 Å². The van der Waals surface area contributed by atoms with E-state index < -0.39 is 19.9 Å². The molecule has 0 radical (unpaired) electrons.